The molecule has 0 radical (unpaired) electrons. The molecular weight excluding hydrogens is 558 g/mol. The van der Waals surface area contributed by atoms with Gasteiger partial charge >= 0.3 is 0 Å². The van der Waals surface area contributed by atoms with Gasteiger partial charge in [-0.25, -0.2) is 9.97 Å². The van der Waals surface area contributed by atoms with Crippen LogP contribution in [0.15, 0.2) is 176 Å². The van der Waals surface area contributed by atoms with Gasteiger partial charge in [0, 0.05) is 29.1 Å². The van der Waals surface area contributed by atoms with E-state index in [2.05, 4.69) is 126 Å². The van der Waals surface area contributed by atoms with Gasteiger partial charge in [-0.05, 0) is 56.3 Å². The second-order valence-electron chi connectivity index (χ2n) is 11.3. The summed E-state index contributed by atoms with van der Waals surface area (Å²) >= 11 is 0. The van der Waals surface area contributed by atoms with Crippen molar-refractivity contribution in [3.05, 3.63) is 176 Å². The molecule has 216 valence electrons. The number of hydrogen-bond acceptors (Lipinski definition) is 3. The van der Waals surface area contributed by atoms with Crippen LogP contribution in [0, 0.1) is 0 Å². The minimum absolute atomic E-state index is 0.717. The molecule has 3 heteroatoms. The Morgan fingerprint density at radius 2 is 0.826 bits per heavy atom. The third kappa shape index (κ3) is 5.36. The number of nitrogens with zero attached hydrogens (tertiary/aromatic N) is 3. The molecule has 0 saturated carbocycles. The van der Waals surface area contributed by atoms with Crippen LogP contribution < -0.4 is 0 Å². The molecule has 0 N–H and O–H groups in total. The van der Waals surface area contributed by atoms with Gasteiger partial charge in [0.15, 0.2) is 5.82 Å². The number of benzene rings is 6. The Morgan fingerprint density at radius 3 is 1.46 bits per heavy atom. The van der Waals surface area contributed by atoms with Gasteiger partial charge in [0.25, 0.3) is 0 Å². The van der Waals surface area contributed by atoms with Crippen LogP contribution in [-0.2, 0) is 0 Å². The zero-order chi connectivity index (χ0) is 30.7. The van der Waals surface area contributed by atoms with Crippen LogP contribution in [0.1, 0.15) is 0 Å². The summed E-state index contributed by atoms with van der Waals surface area (Å²) in [5.74, 6) is 0.717. The minimum atomic E-state index is 0.717. The smallest absolute Gasteiger partial charge is 0.160 e. The molecule has 0 bridgehead atoms. The zero-order valence-electron chi connectivity index (χ0n) is 25.1. The minimum Gasteiger partial charge on any atom is -0.264 e. The molecule has 0 aliphatic heterocycles. The Bertz CT molecular complexity index is 2200. The Morgan fingerprint density at radius 1 is 0.326 bits per heavy atom. The van der Waals surface area contributed by atoms with Crippen molar-refractivity contribution in [3.8, 4) is 67.3 Å². The molecule has 0 aliphatic rings. The third-order valence-corrected chi connectivity index (χ3v) is 8.44. The lowest BCUT2D eigenvalue weighted by molar-refractivity contribution is 1.18. The maximum absolute atomic E-state index is 5.11. The number of fused-ring (bicyclic) bond motifs is 1. The second kappa shape index (κ2) is 12.1. The van der Waals surface area contributed by atoms with Gasteiger partial charge in [0.05, 0.1) is 11.4 Å². The molecule has 0 unspecified atom stereocenters. The molecule has 2 aromatic heterocycles. The molecule has 8 rings (SSSR count). The summed E-state index contributed by atoms with van der Waals surface area (Å²) in [7, 11) is 0. The Labute approximate surface area is 268 Å². The van der Waals surface area contributed by atoms with E-state index in [1.807, 2.05) is 48.7 Å². The highest BCUT2D eigenvalue weighted by atomic mass is 14.9. The van der Waals surface area contributed by atoms with E-state index in [1.165, 1.54) is 27.6 Å². The van der Waals surface area contributed by atoms with E-state index in [0.29, 0.717) is 5.82 Å². The van der Waals surface area contributed by atoms with Crippen LogP contribution in [0.2, 0.25) is 0 Å². The summed E-state index contributed by atoms with van der Waals surface area (Å²) in [4.78, 5) is 14.3. The van der Waals surface area contributed by atoms with E-state index in [9.17, 15) is 0 Å². The monoisotopic (exact) mass is 587 g/mol. The summed E-state index contributed by atoms with van der Waals surface area (Å²) < 4.78 is 0. The Kier molecular flexibility index (Phi) is 7.18. The molecule has 46 heavy (non-hydrogen) atoms. The average molecular weight is 588 g/mol. The van der Waals surface area contributed by atoms with Crippen molar-refractivity contribution >= 4 is 10.8 Å². The fourth-order valence-corrected chi connectivity index (χ4v) is 6.06. The van der Waals surface area contributed by atoms with Crippen LogP contribution in [0.5, 0.6) is 0 Å². The van der Waals surface area contributed by atoms with E-state index in [-0.39, 0.29) is 0 Å². The molecule has 3 nitrogen and oxygen atoms in total. The van der Waals surface area contributed by atoms with Gasteiger partial charge in [-0.15, -0.1) is 0 Å². The molecule has 2 heterocycles. The molecule has 0 amide bonds. The summed E-state index contributed by atoms with van der Waals surface area (Å²) in [5.41, 5.74) is 12.0. The molecule has 0 aliphatic carbocycles. The summed E-state index contributed by atoms with van der Waals surface area (Å²) in [6.07, 6.45) is 3.70. The van der Waals surface area contributed by atoms with Crippen LogP contribution in [0.25, 0.3) is 78.1 Å². The number of pyridine rings is 1. The SMILES string of the molecule is c1ccc(-c2cc(-c3ccc(-c4ccc(-c5ccc(-c6cccnc6)cc5)cc4)c4ccccc34)nc(-c3ccccc3)n2)cc1. The van der Waals surface area contributed by atoms with Crippen molar-refractivity contribution < 1.29 is 0 Å². The van der Waals surface area contributed by atoms with Crippen LogP contribution in [0.4, 0.5) is 0 Å². The van der Waals surface area contributed by atoms with Crippen molar-refractivity contribution in [2.24, 2.45) is 0 Å². The first-order valence-corrected chi connectivity index (χ1v) is 15.4. The predicted octanol–water partition coefficient (Wildman–Crippen LogP) is 11.0. The van der Waals surface area contributed by atoms with E-state index in [1.54, 1.807) is 6.20 Å². The Balaban J connectivity index is 1.18. The van der Waals surface area contributed by atoms with Gasteiger partial charge in [0.1, 0.15) is 0 Å². The normalized spacial score (nSPS) is 11.0. The molecule has 0 spiro atoms. The van der Waals surface area contributed by atoms with Gasteiger partial charge in [-0.2, -0.15) is 0 Å². The standard InChI is InChI=1S/C43H29N3/c1-3-10-34(11-4-1)41-28-42(46-43(45-41)35-12-5-2-6-13-35)40-26-25-37(38-15-7-8-16-39(38)40)33-23-21-31(22-24-33)30-17-19-32(20-18-30)36-14-9-27-44-29-36/h1-29H. The van der Waals surface area contributed by atoms with Crippen molar-refractivity contribution in [2.45, 2.75) is 0 Å². The van der Waals surface area contributed by atoms with E-state index in [0.717, 1.165) is 44.6 Å². The predicted molar refractivity (Wildman–Crippen MR) is 190 cm³/mol. The lowest BCUT2D eigenvalue weighted by atomic mass is 9.92. The molecule has 0 atom stereocenters. The van der Waals surface area contributed by atoms with Crippen LogP contribution in [-0.4, -0.2) is 15.0 Å². The topological polar surface area (TPSA) is 38.7 Å². The van der Waals surface area contributed by atoms with E-state index < -0.39 is 0 Å². The summed E-state index contributed by atoms with van der Waals surface area (Å²) in [6, 6.07) is 57.2. The molecule has 6 aromatic carbocycles. The third-order valence-electron chi connectivity index (χ3n) is 8.44. The van der Waals surface area contributed by atoms with Crippen molar-refractivity contribution in [3.63, 3.8) is 0 Å². The zero-order valence-corrected chi connectivity index (χ0v) is 25.1. The highest BCUT2D eigenvalue weighted by Crippen LogP contribution is 2.37. The maximum atomic E-state index is 5.11. The van der Waals surface area contributed by atoms with E-state index >= 15 is 0 Å². The second-order valence-corrected chi connectivity index (χ2v) is 11.3. The van der Waals surface area contributed by atoms with Gasteiger partial charge in [0.2, 0.25) is 0 Å². The maximum Gasteiger partial charge on any atom is 0.160 e. The first kappa shape index (κ1) is 27.4. The first-order valence-electron chi connectivity index (χ1n) is 15.4. The fourth-order valence-electron chi connectivity index (χ4n) is 6.06. The van der Waals surface area contributed by atoms with Crippen LogP contribution in [0.3, 0.4) is 0 Å². The number of hydrogen-bond donors (Lipinski definition) is 0. The van der Waals surface area contributed by atoms with Crippen molar-refractivity contribution in [1.82, 2.24) is 15.0 Å². The lowest BCUT2D eigenvalue weighted by Crippen LogP contribution is -1.96. The molecule has 0 saturated heterocycles. The molecule has 8 aromatic rings. The van der Waals surface area contributed by atoms with Gasteiger partial charge < -0.3 is 0 Å². The first-order chi connectivity index (χ1) is 22.8. The number of aromatic nitrogens is 3. The fraction of sp³-hybridized carbons (Fsp3) is 0. The largest absolute Gasteiger partial charge is 0.264 e. The molecule has 0 fully saturated rings. The van der Waals surface area contributed by atoms with Crippen LogP contribution >= 0.6 is 0 Å². The summed E-state index contributed by atoms with van der Waals surface area (Å²) in [5, 5.41) is 2.35. The number of rotatable bonds is 6. The quantitative estimate of drug-likeness (QED) is 0.194. The summed E-state index contributed by atoms with van der Waals surface area (Å²) in [6.45, 7) is 0. The highest BCUT2D eigenvalue weighted by molar-refractivity contribution is 6.04. The van der Waals surface area contributed by atoms with E-state index in [4.69, 9.17) is 9.97 Å². The van der Waals surface area contributed by atoms with Crippen molar-refractivity contribution in [1.29, 1.82) is 0 Å². The highest BCUT2D eigenvalue weighted by Gasteiger charge is 2.15. The lowest BCUT2D eigenvalue weighted by Gasteiger charge is -2.14. The average Bonchev–Trinajstić information content (AvgIpc) is 3.15. The Hall–Kier alpha value is -6.19. The van der Waals surface area contributed by atoms with Crippen molar-refractivity contribution in [2.75, 3.05) is 0 Å². The van der Waals surface area contributed by atoms with Gasteiger partial charge in [-0.1, -0.05) is 152 Å². The molecular formula is C43H29N3. The van der Waals surface area contributed by atoms with Gasteiger partial charge in [-0.3, -0.25) is 4.98 Å².